The fourth-order valence-corrected chi connectivity index (χ4v) is 1.82. The van der Waals surface area contributed by atoms with Gasteiger partial charge in [0.1, 0.15) is 18.5 Å². The van der Waals surface area contributed by atoms with E-state index in [1.165, 1.54) is 6.20 Å². The molecule has 1 aliphatic heterocycles. The van der Waals surface area contributed by atoms with Gasteiger partial charge in [0.2, 0.25) is 0 Å². The minimum absolute atomic E-state index is 0.0172. The van der Waals surface area contributed by atoms with Gasteiger partial charge in [-0.05, 0) is 6.92 Å². The van der Waals surface area contributed by atoms with Gasteiger partial charge in [-0.25, -0.2) is 9.18 Å². The molecule has 2 N–H and O–H groups in total. The number of aliphatic hydroxyl groups is 1. The number of hydrogen-bond donors (Lipinski definition) is 2. The van der Waals surface area contributed by atoms with Crippen molar-refractivity contribution in [3.8, 4) is 0 Å². The summed E-state index contributed by atoms with van der Waals surface area (Å²) >= 11 is 0. The van der Waals surface area contributed by atoms with Gasteiger partial charge in [0, 0.05) is 18.2 Å². The Kier molecular flexibility index (Phi) is 3.12. The fraction of sp³-hybridized carbons (Fsp3) is 0.600. The van der Waals surface area contributed by atoms with Crippen LogP contribution in [-0.4, -0.2) is 33.5 Å². The summed E-state index contributed by atoms with van der Waals surface area (Å²) in [5, 5.41) is 8.86. The number of halogens is 1. The van der Waals surface area contributed by atoms with Crippen LogP contribution < -0.4 is 11.2 Å². The van der Waals surface area contributed by atoms with E-state index in [0.717, 1.165) is 4.57 Å². The number of hydrogen-bond acceptors (Lipinski definition) is 4. The second-order valence-corrected chi connectivity index (χ2v) is 4.04. The molecule has 0 aromatic carbocycles. The largest absolute Gasteiger partial charge is 0.394 e. The molecule has 3 atom stereocenters. The highest BCUT2D eigenvalue weighted by atomic mass is 19.1. The molecular weight excluding hydrogens is 231 g/mol. The van der Waals surface area contributed by atoms with E-state index < -0.39 is 36.4 Å². The maximum atomic E-state index is 13.4. The molecule has 2 rings (SSSR count). The molecule has 94 valence electrons. The number of aromatic amines is 1. The molecule has 0 aliphatic carbocycles. The van der Waals surface area contributed by atoms with E-state index in [-0.39, 0.29) is 6.42 Å². The van der Waals surface area contributed by atoms with Gasteiger partial charge in [-0.2, -0.15) is 0 Å². The van der Waals surface area contributed by atoms with Crippen molar-refractivity contribution in [3.05, 3.63) is 32.6 Å². The Morgan fingerprint density at radius 3 is 2.94 bits per heavy atom. The number of aliphatic hydroxyl groups excluding tert-OH is 1. The number of H-pyrrole nitrogens is 1. The molecule has 2 heterocycles. The molecule has 7 heteroatoms. The molecule has 1 aliphatic rings. The first-order valence-corrected chi connectivity index (χ1v) is 5.25. The van der Waals surface area contributed by atoms with Gasteiger partial charge in [0.05, 0.1) is 6.61 Å². The van der Waals surface area contributed by atoms with Crippen LogP contribution in [0.2, 0.25) is 0 Å². The number of aromatic nitrogens is 2. The minimum Gasteiger partial charge on any atom is -0.394 e. The third-order valence-electron chi connectivity index (χ3n) is 2.80. The van der Waals surface area contributed by atoms with Gasteiger partial charge in [-0.1, -0.05) is 0 Å². The van der Waals surface area contributed by atoms with Gasteiger partial charge in [0.15, 0.2) is 0 Å². The standard InChI is InChI=1S/C10H13FN2O4/c1-5-3-13(10(16)12-9(5)15)8-2-6(11)7(4-14)17-8/h3,6-8,14H,2,4H2,1H3,(H,12,15,16)/t6-,7+,8+/m0/s1/i11+0. The number of alkyl halides is 1. The van der Waals surface area contributed by atoms with Crippen LogP contribution in [0, 0.1) is 6.92 Å². The monoisotopic (exact) mass is 244 g/mol. The SMILES string of the molecule is Cc1cn([C@H]2C[C@H]([19F])[C@@H](CO)O2)c(=O)[nH]c1=O. The van der Waals surface area contributed by atoms with Crippen LogP contribution in [0.1, 0.15) is 18.2 Å². The second-order valence-electron chi connectivity index (χ2n) is 4.04. The van der Waals surface area contributed by atoms with Crippen LogP contribution >= 0.6 is 0 Å². The fourth-order valence-electron chi connectivity index (χ4n) is 1.82. The molecule has 0 bridgehead atoms. The zero-order valence-corrected chi connectivity index (χ0v) is 9.22. The Balaban J connectivity index is 2.34. The zero-order chi connectivity index (χ0) is 12.6. The lowest BCUT2D eigenvalue weighted by Crippen LogP contribution is -2.33. The first-order chi connectivity index (χ1) is 8.02. The van der Waals surface area contributed by atoms with Crippen LogP contribution in [0.3, 0.4) is 0 Å². The molecule has 17 heavy (non-hydrogen) atoms. The summed E-state index contributed by atoms with van der Waals surface area (Å²) in [7, 11) is 0. The predicted octanol–water partition coefficient (Wildman–Crippen LogP) is -0.537. The van der Waals surface area contributed by atoms with Gasteiger partial charge < -0.3 is 9.84 Å². The number of nitrogens with one attached hydrogen (secondary N) is 1. The van der Waals surface area contributed by atoms with E-state index >= 15 is 0 Å². The first kappa shape index (κ1) is 12.0. The van der Waals surface area contributed by atoms with Crippen LogP contribution in [-0.2, 0) is 4.74 Å². The quantitative estimate of drug-likeness (QED) is 0.732. The number of rotatable bonds is 2. The lowest BCUT2D eigenvalue weighted by atomic mass is 10.2. The minimum atomic E-state index is -1.32. The molecule has 0 spiro atoms. The predicted molar refractivity (Wildman–Crippen MR) is 56.6 cm³/mol. The molecule has 1 saturated heterocycles. The molecule has 0 saturated carbocycles. The highest BCUT2D eigenvalue weighted by Crippen LogP contribution is 2.29. The third-order valence-corrected chi connectivity index (χ3v) is 2.80. The smallest absolute Gasteiger partial charge is 0.330 e. The lowest BCUT2D eigenvalue weighted by Gasteiger charge is -2.14. The summed E-state index contributed by atoms with van der Waals surface area (Å²) in [4.78, 5) is 24.8. The van der Waals surface area contributed by atoms with E-state index in [1.807, 2.05) is 0 Å². The second kappa shape index (κ2) is 4.42. The van der Waals surface area contributed by atoms with E-state index in [9.17, 15) is 14.0 Å². The number of ether oxygens (including phenoxy) is 1. The molecule has 0 unspecified atom stereocenters. The summed E-state index contributed by atoms with van der Waals surface area (Å²) in [6.07, 6.45) is -1.71. The highest BCUT2D eigenvalue weighted by Gasteiger charge is 2.36. The average molecular weight is 244 g/mol. The molecule has 1 aromatic rings. The Hall–Kier alpha value is -1.47. The Bertz CT molecular complexity index is 524. The molecule has 0 amide bonds. The van der Waals surface area contributed by atoms with E-state index in [1.54, 1.807) is 6.92 Å². The highest BCUT2D eigenvalue weighted by molar-refractivity contribution is 5.02. The zero-order valence-electron chi connectivity index (χ0n) is 9.22. The van der Waals surface area contributed by atoms with Crippen LogP contribution in [0.5, 0.6) is 0 Å². The Morgan fingerprint density at radius 2 is 2.35 bits per heavy atom. The van der Waals surface area contributed by atoms with E-state index in [0.29, 0.717) is 5.56 Å². The van der Waals surface area contributed by atoms with Crippen molar-refractivity contribution in [3.63, 3.8) is 0 Å². The first-order valence-electron chi connectivity index (χ1n) is 5.25. The third kappa shape index (κ3) is 2.16. The summed E-state index contributed by atoms with van der Waals surface area (Å²) in [5.74, 6) is 0. The lowest BCUT2D eigenvalue weighted by molar-refractivity contribution is -0.0356. The number of aryl methyl sites for hydroxylation is 1. The van der Waals surface area contributed by atoms with Gasteiger partial charge in [-0.15, -0.1) is 0 Å². The van der Waals surface area contributed by atoms with Crippen molar-refractivity contribution >= 4 is 0 Å². The molecule has 1 aromatic heterocycles. The topological polar surface area (TPSA) is 84.3 Å². The van der Waals surface area contributed by atoms with Gasteiger partial charge >= 0.3 is 5.69 Å². The van der Waals surface area contributed by atoms with Crippen LogP contribution in [0.15, 0.2) is 15.8 Å². The Morgan fingerprint density at radius 1 is 1.65 bits per heavy atom. The van der Waals surface area contributed by atoms with Crippen LogP contribution in [0.25, 0.3) is 0 Å². The van der Waals surface area contributed by atoms with Gasteiger partial charge in [-0.3, -0.25) is 14.3 Å². The maximum absolute atomic E-state index is 13.4. The normalized spacial score (nSPS) is 28.5. The summed E-state index contributed by atoms with van der Waals surface area (Å²) in [6.45, 7) is 1.11. The van der Waals surface area contributed by atoms with Crippen LogP contribution in [0.4, 0.5) is 4.39 Å². The van der Waals surface area contributed by atoms with Gasteiger partial charge in [0.25, 0.3) is 5.56 Å². The molecule has 0 radical (unpaired) electrons. The Labute approximate surface area is 95.7 Å². The van der Waals surface area contributed by atoms with Crippen molar-refractivity contribution in [2.75, 3.05) is 6.61 Å². The maximum Gasteiger partial charge on any atom is 0.330 e. The molecular formula is C10H13FN2O4. The van der Waals surface area contributed by atoms with Crippen molar-refractivity contribution in [2.24, 2.45) is 0 Å². The van der Waals surface area contributed by atoms with E-state index in [4.69, 9.17) is 9.84 Å². The molecule has 6 nitrogen and oxygen atoms in total. The summed E-state index contributed by atoms with van der Waals surface area (Å²) < 4.78 is 19.7. The van der Waals surface area contributed by atoms with Crippen molar-refractivity contribution in [2.45, 2.75) is 31.8 Å². The van der Waals surface area contributed by atoms with E-state index in [2.05, 4.69) is 4.98 Å². The average Bonchev–Trinajstić information content (AvgIpc) is 2.65. The van der Waals surface area contributed by atoms with Crippen molar-refractivity contribution < 1.29 is 14.2 Å². The molecule has 1 fully saturated rings. The summed E-state index contributed by atoms with van der Waals surface area (Å²) in [6, 6.07) is 0. The van der Waals surface area contributed by atoms with Crippen molar-refractivity contribution in [1.29, 1.82) is 0 Å². The summed E-state index contributed by atoms with van der Waals surface area (Å²) in [5.41, 5.74) is -0.771. The number of nitrogens with zero attached hydrogens (tertiary/aromatic N) is 1. The van der Waals surface area contributed by atoms with Crippen molar-refractivity contribution in [1.82, 2.24) is 9.55 Å².